The number of aromatic nitrogens is 1. The van der Waals surface area contributed by atoms with Crippen LogP contribution >= 0.6 is 11.6 Å². The number of pyridine rings is 1. The standard InChI is InChI=1S/C14H12ClNO2/c1-10-4-2-3-5-12(10)14(17)18-9-11-6-7-13(15)16-8-11/h2-8H,9H2,1H3. The van der Waals surface area contributed by atoms with Crippen molar-refractivity contribution in [2.45, 2.75) is 13.5 Å². The zero-order valence-corrected chi connectivity index (χ0v) is 10.6. The summed E-state index contributed by atoms with van der Waals surface area (Å²) in [6, 6.07) is 10.8. The van der Waals surface area contributed by atoms with Gasteiger partial charge in [0.25, 0.3) is 0 Å². The van der Waals surface area contributed by atoms with Gasteiger partial charge in [-0.3, -0.25) is 0 Å². The highest BCUT2D eigenvalue weighted by atomic mass is 35.5. The highest BCUT2D eigenvalue weighted by molar-refractivity contribution is 6.29. The molecule has 0 radical (unpaired) electrons. The summed E-state index contributed by atoms with van der Waals surface area (Å²) in [6.45, 7) is 2.07. The zero-order chi connectivity index (χ0) is 13.0. The molecule has 1 aromatic heterocycles. The summed E-state index contributed by atoms with van der Waals surface area (Å²) < 4.78 is 5.21. The van der Waals surface area contributed by atoms with Crippen molar-refractivity contribution in [1.82, 2.24) is 4.98 Å². The van der Waals surface area contributed by atoms with E-state index >= 15 is 0 Å². The second kappa shape index (κ2) is 5.65. The quantitative estimate of drug-likeness (QED) is 0.628. The molecule has 0 bridgehead atoms. The van der Waals surface area contributed by atoms with E-state index in [-0.39, 0.29) is 12.6 Å². The van der Waals surface area contributed by atoms with Crippen LogP contribution in [-0.4, -0.2) is 11.0 Å². The molecule has 92 valence electrons. The molecule has 0 aliphatic rings. The van der Waals surface area contributed by atoms with Crippen molar-refractivity contribution in [1.29, 1.82) is 0 Å². The number of rotatable bonds is 3. The molecule has 0 saturated heterocycles. The van der Waals surface area contributed by atoms with Crippen LogP contribution in [0, 0.1) is 6.92 Å². The van der Waals surface area contributed by atoms with Crippen molar-refractivity contribution in [3.8, 4) is 0 Å². The van der Waals surface area contributed by atoms with Gasteiger partial charge in [-0.05, 0) is 24.6 Å². The first kappa shape index (κ1) is 12.6. The number of halogens is 1. The monoisotopic (exact) mass is 261 g/mol. The number of hydrogen-bond acceptors (Lipinski definition) is 3. The van der Waals surface area contributed by atoms with Gasteiger partial charge in [0.15, 0.2) is 0 Å². The molecular formula is C14H12ClNO2. The van der Waals surface area contributed by atoms with Gasteiger partial charge in [-0.2, -0.15) is 0 Å². The first-order valence-corrected chi connectivity index (χ1v) is 5.88. The molecular weight excluding hydrogens is 250 g/mol. The Balaban J connectivity index is 2.01. The number of benzene rings is 1. The van der Waals surface area contributed by atoms with E-state index in [9.17, 15) is 4.79 Å². The van der Waals surface area contributed by atoms with E-state index in [0.29, 0.717) is 10.7 Å². The average molecular weight is 262 g/mol. The Bertz CT molecular complexity index is 552. The number of esters is 1. The van der Waals surface area contributed by atoms with Crippen LogP contribution in [0.2, 0.25) is 5.15 Å². The molecule has 0 saturated carbocycles. The fourth-order valence-electron chi connectivity index (χ4n) is 1.52. The summed E-state index contributed by atoms with van der Waals surface area (Å²) in [7, 11) is 0. The van der Waals surface area contributed by atoms with Gasteiger partial charge in [-0.15, -0.1) is 0 Å². The second-order valence-corrected chi connectivity index (χ2v) is 4.27. The Morgan fingerprint density at radius 1 is 1.28 bits per heavy atom. The zero-order valence-electron chi connectivity index (χ0n) is 9.89. The molecule has 0 aliphatic heterocycles. The highest BCUT2D eigenvalue weighted by Gasteiger charge is 2.09. The van der Waals surface area contributed by atoms with E-state index in [2.05, 4.69) is 4.98 Å². The average Bonchev–Trinajstić information content (AvgIpc) is 2.38. The van der Waals surface area contributed by atoms with Crippen LogP contribution < -0.4 is 0 Å². The summed E-state index contributed by atoms with van der Waals surface area (Å²) in [5.41, 5.74) is 2.29. The SMILES string of the molecule is Cc1ccccc1C(=O)OCc1ccc(Cl)nc1. The molecule has 0 fully saturated rings. The lowest BCUT2D eigenvalue weighted by atomic mass is 10.1. The van der Waals surface area contributed by atoms with Crippen LogP contribution in [0.5, 0.6) is 0 Å². The number of ether oxygens (including phenoxy) is 1. The van der Waals surface area contributed by atoms with Gasteiger partial charge in [0.1, 0.15) is 11.8 Å². The normalized spacial score (nSPS) is 10.1. The molecule has 0 unspecified atom stereocenters. The van der Waals surface area contributed by atoms with Crippen molar-refractivity contribution in [2.75, 3.05) is 0 Å². The van der Waals surface area contributed by atoms with Gasteiger partial charge >= 0.3 is 5.97 Å². The third kappa shape index (κ3) is 3.08. The lowest BCUT2D eigenvalue weighted by molar-refractivity contribution is 0.0471. The van der Waals surface area contributed by atoms with E-state index in [1.54, 1.807) is 24.4 Å². The first-order chi connectivity index (χ1) is 8.66. The molecule has 2 aromatic rings. The number of carbonyl (C=O) groups is 1. The molecule has 0 amide bonds. The molecule has 0 aliphatic carbocycles. The molecule has 4 heteroatoms. The minimum atomic E-state index is -0.331. The fraction of sp³-hybridized carbons (Fsp3) is 0.143. The minimum absolute atomic E-state index is 0.192. The van der Waals surface area contributed by atoms with Crippen molar-refractivity contribution in [2.24, 2.45) is 0 Å². The third-order valence-electron chi connectivity index (χ3n) is 2.52. The summed E-state index contributed by atoms with van der Waals surface area (Å²) in [4.78, 5) is 15.8. The lowest BCUT2D eigenvalue weighted by Crippen LogP contribution is -2.07. The minimum Gasteiger partial charge on any atom is -0.457 e. The van der Waals surface area contributed by atoms with E-state index in [1.807, 2.05) is 25.1 Å². The predicted molar refractivity (Wildman–Crippen MR) is 69.5 cm³/mol. The highest BCUT2D eigenvalue weighted by Crippen LogP contribution is 2.11. The van der Waals surface area contributed by atoms with E-state index in [1.165, 1.54) is 0 Å². The van der Waals surface area contributed by atoms with Crippen molar-refractivity contribution < 1.29 is 9.53 Å². The molecule has 1 aromatic carbocycles. The molecule has 0 N–H and O–H groups in total. The Morgan fingerprint density at radius 2 is 2.06 bits per heavy atom. The topological polar surface area (TPSA) is 39.2 Å². The van der Waals surface area contributed by atoms with Crippen LogP contribution in [0.1, 0.15) is 21.5 Å². The first-order valence-electron chi connectivity index (χ1n) is 5.50. The maximum Gasteiger partial charge on any atom is 0.338 e. The molecule has 2 rings (SSSR count). The molecule has 0 atom stereocenters. The number of carbonyl (C=O) groups excluding carboxylic acids is 1. The smallest absolute Gasteiger partial charge is 0.338 e. The number of nitrogens with zero attached hydrogens (tertiary/aromatic N) is 1. The lowest BCUT2D eigenvalue weighted by Gasteiger charge is -2.06. The third-order valence-corrected chi connectivity index (χ3v) is 2.75. The summed E-state index contributed by atoms with van der Waals surface area (Å²) >= 11 is 5.67. The van der Waals surface area contributed by atoms with Crippen LogP contribution in [0.4, 0.5) is 0 Å². The molecule has 0 spiro atoms. The van der Waals surface area contributed by atoms with E-state index < -0.39 is 0 Å². The van der Waals surface area contributed by atoms with Crippen LogP contribution in [0.25, 0.3) is 0 Å². The van der Waals surface area contributed by atoms with Gasteiger partial charge in [0, 0.05) is 11.8 Å². The molecule has 3 nitrogen and oxygen atoms in total. The molecule has 18 heavy (non-hydrogen) atoms. The van der Waals surface area contributed by atoms with Gasteiger partial charge < -0.3 is 4.74 Å². The Hall–Kier alpha value is -1.87. The van der Waals surface area contributed by atoms with E-state index in [4.69, 9.17) is 16.3 Å². The Labute approximate surface area is 110 Å². The maximum atomic E-state index is 11.8. The van der Waals surface area contributed by atoms with Gasteiger partial charge in [0.2, 0.25) is 0 Å². The Morgan fingerprint density at radius 3 is 2.72 bits per heavy atom. The largest absolute Gasteiger partial charge is 0.457 e. The Kier molecular flexibility index (Phi) is 3.95. The number of aryl methyl sites for hydroxylation is 1. The second-order valence-electron chi connectivity index (χ2n) is 3.88. The van der Waals surface area contributed by atoms with Gasteiger partial charge in [0.05, 0.1) is 5.56 Å². The fourth-order valence-corrected chi connectivity index (χ4v) is 1.63. The summed E-state index contributed by atoms with van der Waals surface area (Å²) in [6.07, 6.45) is 1.59. The van der Waals surface area contributed by atoms with Crippen LogP contribution in [-0.2, 0) is 11.3 Å². The van der Waals surface area contributed by atoms with Crippen LogP contribution in [0.15, 0.2) is 42.6 Å². The van der Waals surface area contributed by atoms with E-state index in [0.717, 1.165) is 11.1 Å². The van der Waals surface area contributed by atoms with Crippen molar-refractivity contribution in [3.63, 3.8) is 0 Å². The summed E-state index contributed by atoms with van der Waals surface area (Å²) in [5, 5.41) is 0.420. The van der Waals surface area contributed by atoms with Crippen molar-refractivity contribution >= 4 is 17.6 Å². The van der Waals surface area contributed by atoms with Gasteiger partial charge in [-0.1, -0.05) is 35.9 Å². The predicted octanol–water partition coefficient (Wildman–Crippen LogP) is 3.40. The molecule has 1 heterocycles. The maximum absolute atomic E-state index is 11.8. The van der Waals surface area contributed by atoms with Crippen LogP contribution in [0.3, 0.4) is 0 Å². The van der Waals surface area contributed by atoms with Gasteiger partial charge in [-0.25, -0.2) is 9.78 Å². The summed E-state index contributed by atoms with van der Waals surface area (Å²) in [5.74, 6) is -0.331. The van der Waals surface area contributed by atoms with Crippen molar-refractivity contribution in [3.05, 3.63) is 64.4 Å². The number of hydrogen-bond donors (Lipinski definition) is 0.